The summed E-state index contributed by atoms with van der Waals surface area (Å²) in [7, 11) is 0. The Labute approximate surface area is 121 Å². The van der Waals surface area contributed by atoms with Crippen molar-refractivity contribution in [2.75, 3.05) is 19.6 Å². The Morgan fingerprint density at radius 1 is 1.20 bits per heavy atom. The molecule has 1 aliphatic rings. The Bertz CT molecular complexity index is 573. The fourth-order valence-corrected chi connectivity index (χ4v) is 3.36. The second-order valence-electron chi connectivity index (χ2n) is 6.00. The summed E-state index contributed by atoms with van der Waals surface area (Å²) in [6.45, 7) is 5.69. The van der Waals surface area contributed by atoms with Crippen LogP contribution in [0, 0.1) is 5.92 Å². The van der Waals surface area contributed by atoms with Gasteiger partial charge in [-0.15, -0.1) is 0 Å². The Balaban J connectivity index is 1.77. The number of benzene rings is 2. The van der Waals surface area contributed by atoms with Crippen molar-refractivity contribution in [1.82, 2.24) is 4.90 Å². The number of likely N-dealkylation sites (tertiary alicyclic amines) is 1. The van der Waals surface area contributed by atoms with E-state index < -0.39 is 0 Å². The predicted molar refractivity (Wildman–Crippen MR) is 85.7 cm³/mol. The Hall–Kier alpha value is -1.38. The molecule has 20 heavy (non-hydrogen) atoms. The fraction of sp³-hybridized carbons (Fsp3) is 0.444. The molecule has 0 amide bonds. The van der Waals surface area contributed by atoms with Crippen molar-refractivity contribution >= 4 is 10.8 Å². The van der Waals surface area contributed by atoms with Crippen LogP contribution in [0.4, 0.5) is 0 Å². The lowest BCUT2D eigenvalue weighted by atomic mass is 9.99. The van der Waals surface area contributed by atoms with E-state index >= 15 is 0 Å². The van der Waals surface area contributed by atoms with E-state index in [4.69, 9.17) is 5.73 Å². The summed E-state index contributed by atoms with van der Waals surface area (Å²) in [4.78, 5) is 2.53. The maximum Gasteiger partial charge on any atom is 0.0430 e. The first-order valence-corrected chi connectivity index (χ1v) is 7.73. The topological polar surface area (TPSA) is 29.3 Å². The quantitative estimate of drug-likeness (QED) is 0.918. The molecule has 0 radical (unpaired) electrons. The summed E-state index contributed by atoms with van der Waals surface area (Å²) in [5.41, 5.74) is 7.77. The van der Waals surface area contributed by atoms with Gasteiger partial charge >= 0.3 is 0 Å². The highest BCUT2D eigenvalue weighted by Gasteiger charge is 2.23. The van der Waals surface area contributed by atoms with Crippen LogP contribution in [0.2, 0.25) is 0 Å². The van der Waals surface area contributed by atoms with Crippen LogP contribution in [-0.2, 0) is 0 Å². The number of nitrogens with two attached hydrogens (primary N) is 1. The van der Waals surface area contributed by atoms with E-state index in [-0.39, 0.29) is 6.04 Å². The highest BCUT2D eigenvalue weighted by molar-refractivity contribution is 5.86. The maximum absolute atomic E-state index is 6.49. The summed E-state index contributed by atoms with van der Waals surface area (Å²) in [5.74, 6) is 0.870. The van der Waals surface area contributed by atoms with Gasteiger partial charge in [-0.05, 0) is 35.2 Å². The van der Waals surface area contributed by atoms with E-state index in [1.54, 1.807) is 0 Å². The van der Waals surface area contributed by atoms with Gasteiger partial charge in [0.25, 0.3) is 0 Å². The van der Waals surface area contributed by atoms with Gasteiger partial charge < -0.3 is 10.6 Å². The van der Waals surface area contributed by atoms with Crippen molar-refractivity contribution < 1.29 is 0 Å². The van der Waals surface area contributed by atoms with Crippen molar-refractivity contribution in [3.8, 4) is 0 Å². The van der Waals surface area contributed by atoms with Gasteiger partial charge in [0, 0.05) is 19.1 Å². The van der Waals surface area contributed by atoms with Crippen LogP contribution in [0.1, 0.15) is 31.4 Å². The lowest BCUT2D eigenvalue weighted by Crippen LogP contribution is -2.30. The van der Waals surface area contributed by atoms with E-state index in [0.29, 0.717) is 0 Å². The predicted octanol–water partition coefficient (Wildman–Crippen LogP) is 3.57. The van der Waals surface area contributed by atoms with Gasteiger partial charge in [0.2, 0.25) is 0 Å². The normalized spacial score (nSPS) is 21.4. The third kappa shape index (κ3) is 2.72. The van der Waals surface area contributed by atoms with E-state index in [1.165, 1.54) is 42.3 Å². The number of nitrogens with zero attached hydrogens (tertiary/aromatic N) is 1. The van der Waals surface area contributed by atoms with Crippen LogP contribution in [0.25, 0.3) is 10.8 Å². The molecule has 0 spiro atoms. The Morgan fingerprint density at radius 2 is 2.00 bits per heavy atom. The molecule has 2 unspecified atom stereocenters. The van der Waals surface area contributed by atoms with Gasteiger partial charge in [0.1, 0.15) is 0 Å². The molecule has 3 rings (SSSR count). The van der Waals surface area contributed by atoms with Gasteiger partial charge in [0.15, 0.2) is 0 Å². The molecule has 2 atom stereocenters. The summed E-state index contributed by atoms with van der Waals surface area (Å²) in [5, 5.41) is 2.59. The van der Waals surface area contributed by atoms with Crippen LogP contribution in [0.5, 0.6) is 0 Å². The molecule has 1 heterocycles. The van der Waals surface area contributed by atoms with Crippen molar-refractivity contribution in [3.63, 3.8) is 0 Å². The molecule has 1 aliphatic heterocycles. The first-order valence-electron chi connectivity index (χ1n) is 7.73. The number of hydrogen-bond acceptors (Lipinski definition) is 2. The average molecular weight is 268 g/mol. The van der Waals surface area contributed by atoms with Gasteiger partial charge in [0.05, 0.1) is 0 Å². The summed E-state index contributed by atoms with van der Waals surface area (Å²) >= 11 is 0. The molecule has 0 aromatic heterocycles. The standard InChI is InChI=1S/C18H24N2/c1-2-14-10-11-20(12-14)13-18(19)17-9-5-7-15-6-3-4-8-16(15)17/h3-9,14,18H,2,10-13,19H2,1H3. The third-order valence-electron chi connectivity index (χ3n) is 4.63. The number of hydrogen-bond donors (Lipinski definition) is 1. The van der Waals surface area contributed by atoms with E-state index in [9.17, 15) is 0 Å². The molecule has 2 nitrogen and oxygen atoms in total. The first kappa shape index (κ1) is 13.6. The van der Waals surface area contributed by atoms with Crippen LogP contribution in [0.3, 0.4) is 0 Å². The second kappa shape index (κ2) is 5.94. The maximum atomic E-state index is 6.49. The molecule has 106 valence electrons. The molecule has 2 heteroatoms. The minimum absolute atomic E-state index is 0.108. The molecule has 1 saturated heterocycles. The lowest BCUT2D eigenvalue weighted by molar-refractivity contribution is 0.303. The van der Waals surface area contributed by atoms with Gasteiger partial charge in [-0.3, -0.25) is 0 Å². The molecule has 0 saturated carbocycles. The molecular formula is C18H24N2. The summed E-state index contributed by atoms with van der Waals surface area (Å²) in [6, 6.07) is 15.1. The summed E-state index contributed by atoms with van der Waals surface area (Å²) < 4.78 is 0. The lowest BCUT2D eigenvalue weighted by Gasteiger charge is -2.22. The van der Waals surface area contributed by atoms with Crippen LogP contribution < -0.4 is 5.73 Å². The highest BCUT2D eigenvalue weighted by Crippen LogP contribution is 2.26. The van der Waals surface area contributed by atoms with Crippen LogP contribution in [-0.4, -0.2) is 24.5 Å². The average Bonchev–Trinajstić information content (AvgIpc) is 2.94. The minimum Gasteiger partial charge on any atom is -0.323 e. The monoisotopic (exact) mass is 268 g/mol. The third-order valence-corrected chi connectivity index (χ3v) is 4.63. The van der Waals surface area contributed by atoms with E-state index in [2.05, 4.69) is 54.3 Å². The van der Waals surface area contributed by atoms with Crippen molar-refractivity contribution in [2.45, 2.75) is 25.8 Å². The fourth-order valence-electron chi connectivity index (χ4n) is 3.36. The number of fused-ring (bicyclic) bond motifs is 1. The van der Waals surface area contributed by atoms with Gasteiger partial charge in [-0.1, -0.05) is 55.8 Å². The number of rotatable bonds is 4. The zero-order valence-corrected chi connectivity index (χ0v) is 12.3. The Morgan fingerprint density at radius 3 is 2.80 bits per heavy atom. The van der Waals surface area contributed by atoms with Crippen molar-refractivity contribution in [3.05, 3.63) is 48.0 Å². The Kier molecular flexibility index (Phi) is 4.04. The molecule has 2 aromatic carbocycles. The summed E-state index contributed by atoms with van der Waals surface area (Å²) in [6.07, 6.45) is 2.62. The highest BCUT2D eigenvalue weighted by atomic mass is 15.2. The first-order chi connectivity index (χ1) is 9.78. The molecule has 2 aromatic rings. The second-order valence-corrected chi connectivity index (χ2v) is 6.00. The zero-order valence-electron chi connectivity index (χ0n) is 12.3. The van der Waals surface area contributed by atoms with E-state index in [0.717, 1.165) is 12.5 Å². The van der Waals surface area contributed by atoms with Gasteiger partial charge in [-0.25, -0.2) is 0 Å². The minimum atomic E-state index is 0.108. The molecule has 2 N–H and O–H groups in total. The van der Waals surface area contributed by atoms with Crippen molar-refractivity contribution in [1.29, 1.82) is 0 Å². The molecule has 0 bridgehead atoms. The van der Waals surface area contributed by atoms with E-state index in [1.807, 2.05) is 0 Å². The largest absolute Gasteiger partial charge is 0.323 e. The van der Waals surface area contributed by atoms with Crippen molar-refractivity contribution in [2.24, 2.45) is 11.7 Å². The SMILES string of the molecule is CCC1CCN(CC(N)c2cccc3ccccc23)C1. The van der Waals surface area contributed by atoms with Crippen LogP contribution in [0.15, 0.2) is 42.5 Å². The molecule has 1 fully saturated rings. The van der Waals surface area contributed by atoms with Crippen LogP contribution >= 0.6 is 0 Å². The smallest absolute Gasteiger partial charge is 0.0430 e. The van der Waals surface area contributed by atoms with Gasteiger partial charge in [-0.2, -0.15) is 0 Å². The molecular weight excluding hydrogens is 244 g/mol. The molecule has 0 aliphatic carbocycles. The zero-order chi connectivity index (χ0) is 13.9.